The van der Waals surface area contributed by atoms with E-state index in [0.29, 0.717) is 50.4 Å². The van der Waals surface area contributed by atoms with Gasteiger partial charge in [-0.15, -0.1) is 0 Å². The minimum absolute atomic E-state index is 0.0716. The molecule has 7 heteroatoms. The van der Waals surface area contributed by atoms with Gasteiger partial charge in [0.1, 0.15) is 5.58 Å². The van der Waals surface area contributed by atoms with Crippen molar-refractivity contribution in [3.63, 3.8) is 0 Å². The molecule has 21 aromatic rings. The average Bonchev–Trinajstić information content (AvgIpc) is 1.67. The minimum atomic E-state index is -0.849. The quantitative estimate of drug-likeness (QED) is 0.128. The molecule has 0 N–H and O–H groups in total. The van der Waals surface area contributed by atoms with Gasteiger partial charge in [0.15, 0.2) is 5.58 Å². The molecule has 0 fully saturated rings. The van der Waals surface area contributed by atoms with Gasteiger partial charge in [0.05, 0.1) is 72.1 Å². The minimum Gasteiger partial charge on any atom is -0.454 e. The number of fused-ring (bicyclic) bond motifs is 16. The standard InChI is InChI=1S/C110H80BN5O/c1-109(2,3)75-53-59-97-88(65-75)89-66-76(110(4,5)6)54-60-98(89)114(97)103-64-73(61-90-87-43-23-28-52-104(87)117-108(90)103)74-62-101-105-102(63-74)116(107-81(71-35-15-9-16-36-71)46-30-47-82(107)72-37-17-10-18-38-72)100-68-78(113-95-50-26-21-41-85(95)86-42-22-27-51-96(86)113)56-58-92(100)111(105)91-57-55-77(112-93-48-24-19-39-83(93)84-40-20-25-49-94(84)112)67-99(91)115(101)106-79(69-31-11-7-12-32-69)44-29-45-80(106)70-33-13-8-14-34-70/h7-68H,1-6H3/i19D,20D,21D,22D,24D,25D,26D,27D,39D,40D,41D,42D,48D,49D,50D,51D. The molecule has 0 bridgehead atoms. The first-order chi connectivity index (χ1) is 64.0. The van der Waals surface area contributed by atoms with Gasteiger partial charge in [0.25, 0.3) is 6.71 Å². The van der Waals surface area contributed by atoms with E-state index in [1.54, 1.807) is 9.13 Å². The fourth-order valence-electron chi connectivity index (χ4n) is 18.6. The van der Waals surface area contributed by atoms with Gasteiger partial charge in [-0.05, 0) is 175 Å². The van der Waals surface area contributed by atoms with Gasteiger partial charge < -0.3 is 27.9 Å². The summed E-state index contributed by atoms with van der Waals surface area (Å²) in [6.07, 6.45) is 0. The van der Waals surface area contributed by atoms with Crippen LogP contribution in [0.4, 0.5) is 34.1 Å². The second kappa shape index (κ2) is 26.1. The summed E-state index contributed by atoms with van der Waals surface area (Å²) in [6, 6.07) is 87.3. The number of furan rings is 1. The molecule has 0 amide bonds. The first-order valence-electron chi connectivity index (χ1n) is 47.6. The van der Waals surface area contributed by atoms with Crippen molar-refractivity contribution >= 4 is 145 Å². The van der Waals surface area contributed by atoms with Crippen LogP contribution in [0.3, 0.4) is 0 Å². The highest BCUT2D eigenvalue weighted by molar-refractivity contribution is 7.00. The van der Waals surface area contributed by atoms with Gasteiger partial charge in [-0.25, -0.2) is 0 Å². The van der Waals surface area contributed by atoms with E-state index in [9.17, 15) is 21.9 Å². The van der Waals surface area contributed by atoms with Crippen LogP contribution in [0.25, 0.3) is 160 Å². The molecule has 17 aromatic carbocycles. The number of benzene rings is 17. The molecule has 4 aromatic heterocycles. The van der Waals surface area contributed by atoms with E-state index in [2.05, 4.69) is 208 Å². The van der Waals surface area contributed by atoms with E-state index in [1.807, 2.05) is 127 Å². The first-order valence-corrected chi connectivity index (χ1v) is 39.6. The third kappa shape index (κ3) is 10.6. The lowest BCUT2D eigenvalue weighted by atomic mass is 9.33. The van der Waals surface area contributed by atoms with E-state index < -0.39 is 103 Å². The van der Waals surface area contributed by atoms with Gasteiger partial charge >= 0.3 is 0 Å². The summed E-state index contributed by atoms with van der Waals surface area (Å²) in [6.45, 7) is 12.6. The number of para-hydroxylation sites is 7. The van der Waals surface area contributed by atoms with Crippen LogP contribution < -0.4 is 26.2 Å². The molecule has 0 saturated heterocycles. The van der Waals surface area contributed by atoms with Gasteiger partial charge in [-0.3, -0.25) is 0 Å². The highest BCUT2D eigenvalue weighted by Gasteiger charge is 2.46. The highest BCUT2D eigenvalue weighted by atomic mass is 16.3. The Hall–Kier alpha value is -14.4. The fraction of sp³-hybridized carbons (Fsp3) is 0.0727. The van der Waals surface area contributed by atoms with Crippen LogP contribution >= 0.6 is 0 Å². The lowest BCUT2D eigenvalue weighted by Gasteiger charge is -2.46. The zero-order chi connectivity index (χ0) is 92.0. The Morgan fingerprint density at radius 2 is 0.641 bits per heavy atom. The van der Waals surface area contributed by atoms with Crippen molar-refractivity contribution in [2.24, 2.45) is 0 Å². The van der Waals surface area contributed by atoms with Crippen LogP contribution in [0, 0.1) is 0 Å². The van der Waals surface area contributed by atoms with Crippen molar-refractivity contribution in [2.75, 3.05) is 9.80 Å². The zero-order valence-corrected chi connectivity index (χ0v) is 64.8. The maximum atomic E-state index is 10.0. The van der Waals surface area contributed by atoms with E-state index in [0.717, 1.165) is 105 Å². The molecule has 2 aliphatic rings. The zero-order valence-electron chi connectivity index (χ0n) is 80.8. The van der Waals surface area contributed by atoms with Crippen molar-refractivity contribution in [1.82, 2.24) is 13.7 Å². The fourth-order valence-corrected chi connectivity index (χ4v) is 18.6. The number of nitrogens with zero attached hydrogens (tertiary/aromatic N) is 5. The van der Waals surface area contributed by atoms with E-state index >= 15 is 0 Å². The SMILES string of the molecule is [2H]c1c([2H])c([2H])c2c(c1[2H])c1c([2H])c([2H])c([2H])c([2H])c1n2-c1ccc2c(c1)N(c1c(-c3ccccc3)cccc1-c1ccccc1)c1cc(-c3cc(-n4c5ccc(C(C)(C)C)cc5c5cc(C(C)(C)C)ccc54)c4oc5ccccc5c4c3)cc3c1B2c1ccc(-n2c4c([2H])c([2H])c([2H])c([2H])c4c4c([2H])c([2H])c([2H])c([2H])c42)cc1N3c1c(-c2ccccc2)cccc1-c1ccccc1. The summed E-state index contributed by atoms with van der Waals surface area (Å²) in [5.74, 6) is 0. The molecule has 554 valence electrons. The highest BCUT2D eigenvalue weighted by Crippen LogP contribution is 2.56. The molecule has 6 heterocycles. The number of rotatable bonds is 10. The topological polar surface area (TPSA) is 34.4 Å². The van der Waals surface area contributed by atoms with Gasteiger partial charge in [0.2, 0.25) is 0 Å². The Bertz CT molecular complexity index is 7990. The Morgan fingerprint density at radius 1 is 0.274 bits per heavy atom. The molecule has 0 aliphatic carbocycles. The van der Waals surface area contributed by atoms with Crippen LogP contribution in [0.1, 0.15) is 74.6 Å². The molecular formula is C110H80BN5O. The monoisotopic (exact) mass is 1510 g/mol. The lowest BCUT2D eigenvalue weighted by molar-refractivity contribution is 0.590. The summed E-state index contributed by atoms with van der Waals surface area (Å²) < 4.78 is 166. The van der Waals surface area contributed by atoms with Crippen LogP contribution in [0.2, 0.25) is 0 Å². The first kappa shape index (κ1) is 53.6. The predicted octanol–water partition coefficient (Wildman–Crippen LogP) is 27.9. The number of aromatic nitrogens is 3. The second-order valence-corrected chi connectivity index (χ2v) is 32.7. The van der Waals surface area contributed by atoms with Crippen molar-refractivity contribution in [3.8, 4) is 72.7 Å². The van der Waals surface area contributed by atoms with Gasteiger partial charge in [-0.1, -0.05) is 314 Å². The average molecular weight is 1510 g/mol. The predicted molar refractivity (Wildman–Crippen MR) is 495 cm³/mol. The molecular weight excluding hydrogens is 1420 g/mol. The Balaban J connectivity index is 0.941. The Labute approximate surface area is 702 Å². The third-order valence-electron chi connectivity index (χ3n) is 24.0. The van der Waals surface area contributed by atoms with Crippen LogP contribution in [-0.4, -0.2) is 20.4 Å². The molecule has 2 aliphatic heterocycles. The molecule has 117 heavy (non-hydrogen) atoms. The van der Waals surface area contributed by atoms with Crippen molar-refractivity contribution in [1.29, 1.82) is 0 Å². The summed E-state index contributed by atoms with van der Waals surface area (Å²) in [7, 11) is 0. The molecule has 0 atom stereocenters. The molecule has 0 radical (unpaired) electrons. The summed E-state index contributed by atoms with van der Waals surface area (Å²) >= 11 is 0. The largest absolute Gasteiger partial charge is 0.454 e. The van der Waals surface area contributed by atoms with Gasteiger partial charge in [0, 0.05) is 99.5 Å². The van der Waals surface area contributed by atoms with Gasteiger partial charge in [-0.2, -0.15) is 0 Å². The smallest absolute Gasteiger partial charge is 0.252 e. The molecule has 0 unspecified atom stereocenters. The Morgan fingerprint density at radius 3 is 1.04 bits per heavy atom. The molecule has 23 rings (SSSR count). The summed E-state index contributed by atoms with van der Waals surface area (Å²) in [4.78, 5) is 4.63. The van der Waals surface area contributed by atoms with Crippen LogP contribution in [0.15, 0.2) is 380 Å². The van der Waals surface area contributed by atoms with Crippen LogP contribution in [0.5, 0.6) is 0 Å². The van der Waals surface area contributed by atoms with E-state index in [1.165, 1.54) is 11.1 Å². The third-order valence-corrected chi connectivity index (χ3v) is 24.0. The summed E-state index contributed by atoms with van der Waals surface area (Å²) in [5.41, 5.74) is 20.3. The normalized spacial score (nSPS) is 14.7. The maximum Gasteiger partial charge on any atom is 0.252 e. The number of hydrogen-bond acceptors (Lipinski definition) is 3. The maximum absolute atomic E-state index is 10.0. The lowest BCUT2D eigenvalue weighted by Crippen LogP contribution is -2.61. The van der Waals surface area contributed by atoms with E-state index in [4.69, 9.17) is 4.42 Å². The van der Waals surface area contributed by atoms with E-state index in [-0.39, 0.29) is 65.8 Å². The number of hydrogen-bond donors (Lipinski definition) is 0. The second-order valence-electron chi connectivity index (χ2n) is 32.7. The molecule has 0 saturated carbocycles. The number of anilines is 6. The summed E-state index contributed by atoms with van der Waals surface area (Å²) in [5, 5.41) is 3.46. The van der Waals surface area contributed by atoms with Crippen molar-refractivity contribution < 1.29 is 26.3 Å². The molecule has 0 spiro atoms. The van der Waals surface area contributed by atoms with Crippen molar-refractivity contribution in [3.05, 3.63) is 387 Å². The van der Waals surface area contributed by atoms with Crippen molar-refractivity contribution in [2.45, 2.75) is 52.4 Å². The Kier molecular flexibility index (Phi) is 11.9. The van der Waals surface area contributed by atoms with Crippen LogP contribution in [-0.2, 0) is 10.8 Å². The molecule has 6 nitrogen and oxygen atoms in total.